The molecule has 5 rings (SSSR count). The van der Waals surface area contributed by atoms with E-state index in [2.05, 4.69) is 4.98 Å². The first kappa shape index (κ1) is 21.4. The minimum Gasteiger partial charge on any atom is -0.507 e. The lowest BCUT2D eigenvalue weighted by Gasteiger charge is -2.31. The van der Waals surface area contributed by atoms with Crippen molar-refractivity contribution in [1.82, 2.24) is 14.6 Å². The van der Waals surface area contributed by atoms with Crippen LogP contribution in [0.5, 0.6) is 11.5 Å². The van der Waals surface area contributed by atoms with Gasteiger partial charge in [-0.2, -0.15) is 5.06 Å². The number of aromatic nitrogens is 2. The predicted octanol–water partition coefficient (Wildman–Crippen LogP) is 1.48. The SMILES string of the molecule is CC[C@]1(O)C(=O)OCc2c1cc1n(c2=O)Cc2cc3c(CON(C)C)c(O)cc(O)c3nc2-1. The number of hydroxylamine groups is 2. The minimum atomic E-state index is -1.91. The van der Waals surface area contributed by atoms with Crippen LogP contribution in [-0.2, 0) is 39.7 Å². The number of fused-ring (bicyclic) bond motifs is 5. The van der Waals surface area contributed by atoms with Crippen LogP contribution in [-0.4, -0.2) is 50.0 Å². The summed E-state index contributed by atoms with van der Waals surface area (Å²) in [6.07, 6.45) is 0.0506. The van der Waals surface area contributed by atoms with E-state index in [0.29, 0.717) is 27.9 Å². The Labute approximate surface area is 188 Å². The van der Waals surface area contributed by atoms with Gasteiger partial charge in [-0.3, -0.25) is 9.63 Å². The second-order valence-electron chi connectivity index (χ2n) is 8.47. The Kier molecular flexibility index (Phi) is 4.71. The van der Waals surface area contributed by atoms with Crippen LogP contribution in [0, 0.1) is 0 Å². The molecule has 2 aromatic heterocycles. The highest BCUT2D eigenvalue weighted by Crippen LogP contribution is 2.41. The number of carbonyl (C=O) groups excluding carboxylic acids is 1. The standard InChI is InChI=1S/C23H23N3O7/c1-4-23(31)15-6-16-19-11(8-26(16)21(29)14(15)9-32-22(23)30)5-12-13(10-33-25(2)3)17(27)7-18(28)20(12)24-19/h5-7,27-28,31H,4,8-10H2,1-3H3/t23-/m1/s1. The summed E-state index contributed by atoms with van der Waals surface area (Å²) in [6, 6.07) is 4.58. The zero-order valence-corrected chi connectivity index (χ0v) is 18.4. The summed E-state index contributed by atoms with van der Waals surface area (Å²) >= 11 is 0. The molecule has 172 valence electrons. The van der Waals surface area contributed by atoms with Crippen LogP contribution < -0.4 is 5.56 Å². The fourth-order valence-electron chi connectivity index (χ4n) is 4.51. The normalized spacial score (nSPS) is 18.9. The minimum absolute atomic E-state index is 0.0506. The van der Waals surface area contributed by atoms with E-state index < -0.39 is 11.6 Å². The van der Waals surface area contributed by atoms with Crippen LogP contribution >= 0.6 is 0 Å². The van der Waals surface area contributed by atoms with Crippen molar-refractivity contribution in [3.8, 4) is 22.9 Å². The molecule has 0 radical (unpaired) electrons. The van der Waals surface area contributed by atoms with Crippen molar-refractivity contribution in [2.24, 2.45) is 0 Å². The molecule has 3 N–H and O–H groups in total. The van der Waals surface area contributed by atoms with E-state index in [1.54, 1.807) is 33.2 Å². The maximum Gasteiger partial charge on any atom is 0.343 e. The number of phenols is 2. The number of benzene rings is 1. The van der Waals surface area contributed by atoms with Gasteiger partial charge < -0.3 is 24.6 Å². The average molecular weight is 453 g/mol. The zero-order valence-electron chi connectivity index (χ0n) is 18.4. The second-order valence-corrected chi connectivity index (χ2v) is 8.47. The summed E-state index contributed by atoms with van der Waals surface area (Å²) in [6.45, 7) is 1.70. The number of esters is 1. The third-order valence-corrected chi connectivity index (χ3v) is 6.33. The van der Waals surface area contributed by atoms with E-state index >= 15 is 0 Å². The average Bonchev–Trinajstić information content (AvgIpc) is 3.13. The van der Waals surface area contributed by atoms with Gasteiger partial charge >= 0.3 is 5.97 Å². The van der Waals surface area contributed by atoms with Gasteiger partial charge in [0.05, 0.1) is 30.1 Å². The van der Waals surface area contributed by atoms with Gasteiger partial charge in [0.25, 0.3) is 5.56 Å². The topological polar surface area (TPSA) is 134 Å². The predicted molar refractivity (Wildman–Crippen MR) is 116 cm³/mol. The Bertz CT molecular complexity index is 1400. The maximum absolute atomic E-state index is 13.3. The summed E-state index contributed by atoms with van der Waals surface area (Å²) in [5.41, 5.74) is 0.477. The van der Waals surface area contributed by atoms with Crippen LogP contribution in [0.3, 0.4) is 0 Å². The number of hydrogen-bond acceptors (Lipinski definition) is 9. The molecule has 0 unspecified atom stereocenters. The van der Waals surface area contributed by atoms with Crippen LogP contribution in [0.25, 0.3) is 22.3 Å². The molecule has 10 nitrogen and oxygen atoms in total. The van der Waals surface area contributed by atoms with Crippen molar-refractivity contribution in [3.05, 3.63) is 50.8 Å². The Balaban J connectivity index is 1.74. The third-order valence-electron chi connectivity index (χ3n) is 6.33. The number of carbonyl (C=O) groups is 1. The van der Waals surface area contributed by atoms with Gasteiger partial charge in [0, 0.05) is 42.2 Å². The first-order valence-electron chi connectivity index (χ1n) is 10.5. The molecular weight excluding hydrogens is 430 g/mol. The molecule has 0 bridgehead atoms. The number of aliphatic hydroxyl groups is 1. The Morgan fingerprint density at radius 3 is 2.67 bits per heavy atom. The molecule has 33 heavy (non-hydrogen) atoms. The van der Waals surface area contributed by atoms with Crippen LogP contribution in [0.4, 0.5) is 0 Å². The van der Waals surface area contributed by atoms with Crippen molar-refractivity contribution in [1.29, 1.82) is 0 Å². The lowest BCUT2D eigenvalue weighted by atomic mass is 9.86. The summed E-state index contributed by atoms with van der Waals surface area (Å²) < 4.78 is 6.60. The number of ether oxygens (including phenoxy) is 1. The van der Waals surface area contributed by atoms with Gasteiger partial charge in [-0.1, -0.05) is 6.92 Å². The van der Waals surface area contributed by atoms with E-state index in [0.717, 1.165) is 0 Å². The van der Waals surface area contributed by atoms with Crippen molar-refractivity contribution >= 4 is 16.9 Å². The molecule has 0 amide bonds. The molecule has 0 saturated heterocycles. The van der Waals surface area contributed by atoms with Gasteiger partial charge in [-0.05, 0) is 18.6 Å². The first-order chi connectivity index (χ1) is 15.7. The fraction of sp³-hybridized carbons (Fsp3) is 0.348. The van der Waals surface area contributed by atoms with Crippen LogP contribution in [0.2, 0.25) is 0 Å². The number of cyclic esters (lactones) is 1. The zero-order chi connectivity index (χ0) is 23.7. The number of rotatable bonds is 4. The molecule has 0 aliphatic carbocycles. The van der Waals surface area contributed by atoms with E-state index in [-0.39, 0.29) is 59.9 Å². The van der Waals surface area contributed by atoms with E-state index in [1.165, 1.54) is 15.7 Å². The van der Waals surface area contributed by atoms with Crippen molar-refractivity contribution in [2.75, 3.05) is 14.1 Å². The van der Waals surface area contributed by atoms with E-state index in [9.17, 15) is 24.9 Å². The van der Waals surface area contributed by atoms with E-state index in [4.69, 9.17) is 9.57 Å². The Hall–Kier alpha value is -3.47. The highest BCUT2D eigenvalue weighted by molar-refractivity contribution is 5.93. The lowest BCUT2D eigenvalue weighted by molar-refractivity contribution is -0.172. The molecule has 2 aliphatic rings. The molecule has 3 aromatic rings. The van der Waals surface area contributed by atoms with Crippen molar-refractivity contribution in [3.63, 3.8) is 0 Å². The number of phenolic OH excluding ortho intramolecular Hbond substituents is 2. The van der Waals surface area contributed by atoms with Gasteiger partial charge in [-0.15, -0.1) is 0 Å². The van der Waals surface area contributed by atoms with Gasteiger partial charge in [-0.25, -0.2) is 9.78 Å². The summed E-state index contributed by atoms with van der Waals surface area (Å²) in [5, 5.41) is 33.9. The smallest absolute Gasteiger partial charge is 0.343 e. The highest BCUT2D eigenvalue weighted by Gasteiger charge is 2.45. The molecule has 0 saturated carbocycles. The van der Waals surface area contributed by atoms with Gasteiger partial charge in [0.2, 0.25) is 0 Å². The van der Waals surface area contributed by atoms with E-state index in [1.807, 2.05) is 0 Å². The second kappa shape index (κ2) is 7.27. The Morgan fingerprint density at radius 2 is 1.97 bits per heavy atom. The summed E-state index contributed by atoms with van der Waals surface area (Å²) in [4.78, 5) is 35.7. The van der Waals surface area contributed by atoms with Gasteiger partial charge in [0.1, 0.15) is 23.6 Å². The van der Waals surface area contributed by atoms with Crippen molar-refractivity contribution in [2.45, 2.75) is 38.7 Å². The molecule has 1 aromatic carbocycles. The maximum atomic E-state index is 13.3. The number of aromatic hydroxyl groups is 2. The van der Waals surface area contributed by atoms with Gasteiger partial charge in [0.15, 0.2) is 5.60 Å². The first-order valence-corrected chi connectivity index (χ1v) is 10.5. The van der Waals surface area contributed by atoms with Crippen LogP contribution in [0.15, 0.2) is 23.0 Å². The molecule has 4 heterocycles. The molecule has 2 aliphatic heterocycles. The number of hydrogen-bond donors (Lipinski definition) is 3. The largest absolute Gasteiger partial charge is 0.507 e. The number of nitrogens with zero attached hydrogens (tertiary/aromatic N) is 3. The summed E-state index contributed by atoms with van der Waals surface area (Å²) in [7, 11) is 3.43. The fourth-order valence-corrected chi connectivity index (χ4v) is 4.51. The Morgan fingerprint density at radius 1 is 1.21 bits per heavy atom. The lowest BCUT2D eigenvalue weighted by Crippen LogP contribution is -2.44. The number of pyridine rings is 2. The molecule has 1 atom stereocenters. The van der Waals surface area contributed by atoms with Crippen molar-refractivity contribution < 1.29 is 29.7 Å². The summed E-state index contributed by atoms with van der Waals surface area (Å²) in [5.74, 6) is -1.13. The molecular formula is C23H23N3O7. The highest BCUT2D eigenvalue weighted by atomic mass is 16.7. The molecule has 10 heteroatoms. The quantitative estimate of drug-likeness (QED) is 0.310. The molecule has 0 fully saturated rings. The molecule has 0 spiro atoms. The third kappa shape index (κ3) is 3.02. The monoisotopic (exact) mass is 453 g/mol. The van der Waals surface area contributed by atoms with Crippen LogP contribution in [0.1, 0.15) is 35.6 Å².